The van der Waals surface area contributed by atoms with Crippen molar-refractivity contribution in [1.29, 1.82) is 0 Å². The minimum absolute atomic E-state index is 0.0448. The van der Waals surface area contributed by atoms with Crippen LogP contribution in [-0.4, -0.2) is 48.1 Å². The Morgan fingerprint density at radius 1 is 1.31 bits per heavy atom. The van der Waals surface area contributed by atoms with E-state index in [0.717, 1.165) is 44.6 Å². The summed E-state index contributed by atoms with van der Waals surface area (Å²) in [7, 11) is 0. The molecule has 2 aromatic rings. The summed E-state index contributed by atoms with van der Waals surface area (Å²) < 4.78 is 11.8. The van der Waals surface area contributed by atoms with E-state index in [0.29, 0.717) is 25.3 Å². The zero-order valence-corrected chi connectivity index (χ0v) is 17.2. The summed E-state index contributed by atoms with van der Waals surface area (Å²) in [6, 6.07) is 11.9. The average molecular weight is 398 g/mol. The van der Waals surface area contributed by atoms with E-state index in [4.69, 9.17) is 9.47 Å². The number of carbonyl (C=O) groups is 1. The van der Waals surface area contributed by atoms with Gasteiger partial charge in [-0.05, 0) is 31.0 Å². The predicted molar refractivity (Wildman–Crippen MR) is 113 cm³/mol. The monoisotopic (exact) mass is 397 g/mol. The first-order valence-corrected chi connectivity index (χ1v) is 10.5. The molecule has 156 valence electrons. The lowest BCUT2D eigenvalue weighted by molar-refractivity contribution is -0.121. The van der Waals surface area contributed by atoms with Gasteiger partial charge in [0.2, 0.25) is 5.91 Å². The van der Waals surface area contributed by atoms with E-state index in [-0.39, 0.29) is 12.0 Å². The quantitative estimate of drug-likeness (QED) is 0.623. The number of nitrogens with one attached hydrogen (secondary N) is 1. The molecule has 1 aliphatic heterocycles. The minimum atomic E-state index is 0.0448. The number of para-hydroxylation sites is 1. The second-order valence-electron chi connectivity index (χ2n) is 7.36. The number of ether oxygens (including phenoxy) is 2. The highest BCUT2D eigenvalue weighted by Crippen LogP contribution is 2.26. The average Bonchev–Trinajstić information content (AvgIpc) is 2.93. The number of unbranched alkanes of at least 4 members (excludes halogenated alkanes) is 1. The van der Waals surface area contributed by atoms with Gasteiger partial charge in [0.25, 0.3) is 0 Å². The lowest BCUT2D eigenvalue weighted by atomic mass is 10.1. The van der Waals surface area contributed by atoms with Crippen LogP contribution >= 0.6 is 0 Å². The number of benzene rings is 1. The van der Waals surface area contributed by atoms with Crippen LogP contribution in [0.5, 0.6) is 11.5 Å². The number of hydrogen-bond acceptors (Lipinski definition) is 5. The molecule has 1 N–H and O–H groups in total. The SMILES string of the molecule is CCCCC1CN(CCC(=O)NCCOc2cccnc2)Cc2ccccc2O1. The van der Waals surface area contributed by atoms with E-state index in [1.165, 1.54) is 5.56 Å². The lowest BCUT2D eigenvalue weighted by Crippen LogP contribution is -2.36. The Kier molecular flexibility index (Phi) is 8.31. The Morgan fingerprint density at radius 3 is 3.03 bits per heavy atom. The van der Waals surface area contributed by atoms with Crippen LogP contribution < -0.4 is 14.8 Å². The van der Waals surface area contributed by atoms with Gasteiger partial charge in [0, 0.05) is 37.8 Å². The zero-order chi connectivity index (χ0) is 20.3. The molecule has 0 spiro atoms. The Labute approximate surface area is 173 Å². The molecule has 0 aliphatic carbocycles. The van der Waals surface area contributed by atoms with Crippen LogP contribution in [0.15, 0.2) is 48.8 Å². The molecule has 3 rings (SSSR count). The topological polar surface area (TPSA) is 63.7 Å². The zero-order valence-electron chi connectivity index (χ0n) is 17.2. The van der Waals surface area contributed by atoms with Gasteiger partial charge in [0.05, 0.1) is 12.7 Å². The number of hydrogen-bond donors (Lipinski definition) is 1. The first-order chi connectivity index (χ1) is 14.2. The van der Waals surface area contributed by atoms with Crippen molar-refractivity contribution in [2.75, 3.05) is 26.2 Å². The number of fused-ring (bicyclic) bond motifs is 1. The van der Waals surface area contributed by atoms with Crippen LogP contribution in [0, 0.1) is 0 Å². The molecule has 1 aromatic carbocycles. The Balaban J connectivity index is 1.43. The molecule has 0 bridgehead atoms. The summed E-state index contributed by atoms with van der Waals surface area (Å²) in [4.78, 5) is 18.6. The van der Waals surface area contributed by atoms with Crippen molar-refractivity contribution in [3.63, 3.8) is 0 Å². The van der Waals surface area contributed by atoms with E-state index >= 15 is 0 Å². The number of rotatable bonds is 10. The molecule has 6 nitrogen and oxygen atoms in total. The van der Waals surface area contributed by atoms with Crippen molar-refractivity contribution in [2.45, 2.75) is 45.3 Å². The van der Waals surface area contributed by atoms with Gasteiger partial charge < -0.3 is 14.8 Å². The van der Waals surface area contributed by atoms with Crippen molar-refractivity contribution in [3.05, 3.63) is 54.4 Å². The van der Waals surface area contributed by atoms with Crippen molar-refractivity contribution in [1.82, 2.24) is 15.2 Å². The summed E-state index contributed by atoms with van der Waals surface area (Å²) in [6.45, 7) is 5.50. The molecule has 2 heterocycles. The summed E-state index contributed by atoms with van der Waals surface area (Å²) >= 11 is 0. The fraction of sp³-hybridized carbons (Fsp3) is 0.478. The first kappa shape index (κ1) is 21.1. The third-order valence-electron chi connectivity index (χ3n) is 4.98. The highest BCUT2D eigenvalue weighted by Gasteiger charge is 2.22. The maximum Gasteiger partial charge on any atom is 0.221 e. The molecule has 1 atom stereocenters. The number of pyridine rings is 1. The predicted octanol–water partition coefficient (Wildman–Crippen LogP) is 3.42. The Morgan fingerprint density at radius 2 is 2.21 bits per heavy atom. The molecule has 1 amide bonds. The van der Waals surface area contributed by atoms with Crippen LogP contribution in [0.2, 0.25) is 0 Å². The molecule has 1 aliphatic rings. The van der Waals surface area contributed by atoms with E-state index in [1.54, 1.807) is 12.4 Å². The van der Waals surface area contributed by atoms with Gasteiger partial charge in [0.15, 0.2) is 0 Å². The number of aromatic nitrogens is 1. The molecule has 29 heavy (non-hydrogen) atoms. The minimum Gasteiger partial charge on any atom is -0.490 e. The lowest BCUT2D eigenvalue weighted by Gasteiger charge is -2.23. The fourth-order valence-corrected chi connectivity index (χ4v) is 3.45. The van der Waals surface area contributed by atoms with Crippen LogP contribution in [0.4, 0.5) is 0 Å². The molecule has 0 saturated heterocycles. The largest absolute Gasteiger partial charge is 0.490 e. The van der Waals surface area contributed by atoms with E-state index in [9.17, 15) is 4.79 Å². The van der Waals surface area contributed by atoms with Crippen LogP contribution in [-0.2, 0) is 11.3 Å². The Hall–Kier alpha value is -2.60. The van der Waals surface area contributed by atoms with Gasteiger partial charge in [-0.2, -0.15) is 0 Å². The number of carbonyl (C=O) groups excluding carboxylic acids is 1. The summed E-state index contributed by atoms with van der Waals surface area (Å²) in [5.41, 5.74) is 1.19. The van der Waals surface area contributed by atoms with Gasteiger partial charge in [-0.25, -0.2) is 0 Å². The fourth-order valence-electron chi connectivity index (χ4n) is 3.45. The van der Waals surface area contributed by atoms with E-state index in [2.05, 4.69) is 28.2 Å². The molecule has 1 aromatic heterocycles. The molecule has 0 radical (unpaired) electrons. The third kappa shape index (κ3) is 7.06. The van der Waals surface area contributed by atoms with Gasteiger partial charge >= 0.3 is 0 Å². The molecule has 0 fully saturated rings. The maximum absolute atomic E-state index is 12.2. The van der Waals surface area contributed by atoms with Gasteiger partial charge in [-0.3, -0.25) is 14.7 Å². The standard InChI is InChI=1S/C23H31N3O3/c1-2-3-8-21-18-26(17-19-7-4-5-10-22(19)29-21)14-11-23(27)25-13-15-28-20-9-6-12-24-16-20/h4-7,9-10,12,16,21H,2-3,8,11,13-15,17-18H2,1H3,(H,25,27). The molecular formula is C23H31N3O3. The molecule has 6 heteroatoms. The third-order valence-corrected chi connectivity index (χ3v) is 4.98. The number of amides is 1. The smallest absolute Gasteiger partial charge is 0.221 e. The van der Waals surface area contributed by atoms with Gasteiger partial charge in [-0.1, -0.05) is 31.5 Å². The molecule has 1 unspecified atom stereocenters. The summed E-state index contributed by atoms with van der Waals surface area (Å²) in [5.74, 6) is 1.74. The van der Waals surface area contributed by atoms with Crippen molar-refractivity contribution in [3.8, 4) is 11.5 Å². The highest BCUT2D eigenvalue weighted by atomic mass is 16.5. The van der Waals surface area contributed by atoms with Crippen LogP contribution in [0.3, 0.4) is 0 Å². The summed E-state index contributed by atoms with van der Waals surface area (Å²) in [6.07, 6.45) is 7.36. The van der Waals surface area contributed by atoms with Crippen LogP contribution in [0.1, 0.15) is 38.2 Å². The second-order valence-corrected chi connectivity index (χ2v) is 7.36. The van der Waals surface area contributed by atoms with Crippen LogP contribution in [0.25, 0.3) is 0 Å². The normalized spacial score (nSPS) is 16.4. The molecular weight excluding hydrogens is 366 g/mol. The Bertz CT molecular complexity index is 754. The van der Waals surface area contributed by atoms with Gasteiger partial charge in [0.1, 0.15) is 24.2 Å². The second kappa shape index (κ2) is 11.4. The maximum atomic E-state index is 12.2. The first-order valence-electron chi connectivity index (χ1n) is 10.5. The van der Waals surface area contributed by atoms with Gasteiger partial charge in [-0.15, -0.1) is 0 Å². The summed E-state index contributed by atoms with van der Waals surface area (Å²) in [5, 5.41) is 2.93. The highest BCUT2D eigenvalue weighted by molar-refractivity contribution is 5.76. The van der Waals surface area contributed by atoms with E-state index < -0.39 is 0 Å². The van der Waals surface area contributed by atoms with Crippen molar-refractivity contribution < 1.29 is 14.3 Å². The number of nitrogens with zero attached hydrogens (tertiary/aromatic N) is 2. The molecule has 0 saturated carbocycles. The van der Waals surface area contributed by atoms with Crippen molar-refractivity contribution in [2.24, 2.45) is 0 Å². The van der Waals surface area contributed by atoms with Crippen molar-refractivity contribution >= 4 is 5.91 Å². The van der Waals surface area contributed by atoms with E-state index in [1.807, 2.05) is 30.3 Å².